The zero-order valence-corrected chi connectivity index (χ0v) is 16.2. The summed E-state index contributed by atoms with van der Waals surface area (Å²) in [7, 11) is 0. The van der Waals surface area contributed by atoms with Gasteiger partial charge in [-0.2, -0.15) is 0 Å². The van der Waals surface area contributed by atoms with Gasteiger partial charge in [0, 0.05) is 29.2 Å². The number of aromatic nitrogens is 1. The van der Waals surface area contributed by atoms with Crippen LogP contribution in [0.1, 0.15) is 22.3 Å². The van der Waals surface area contributed by atoms with Crippen molar-refractivity contribution >= 4 is 10.9 Å². The largest absolute Gasteiger partial charge is 0.489 e. The van der Waals surface area contributed by atoms with Gasteiger partial charge in [-0.25, -0.2) is 0 Å². The second-order valence-electron chi connectivity index (χ2n) is 7.17. The molecule has 0 aliphatic heterocycles. The molecule has 142 valence electrons. The fourth-order valence-electron chi connectivity index (χ4n) is 3.54. The van der Waals surface area contributed by atoms with E-state index in [4.69, 9.17) is 4.74 Å². The lowest BCUT2D eigenvalue weighted by Crippen LogP contribution is -2.17. The molecule has 0 atom stereocenters. The molecule has 0 spiro atoms. The van der Waals surface area contributed by atoms with Crippen molar-refractivity contribution in [2.45, 2.75) is 26.5 Å². The molecule has 1 aromatic heterocycles. The Bertz CT molecular complexity index is 1050. The molecule has 3 aromatic carbocycles. The summed E-state index contributed by atoms with van der Waals surface area (Å²) in [5.41, 5.74) is 6.20. The number of benzene rings is 3. The van der Waals surface area contributed by atoms with Gasteiger partial charge in [-0.3, -0.25) is 0 Å². The molecule has 0 amide bonds. The molecule has 4 rings (SSSR count). The standard InChI is InChI=1S/C25H26N2O/c1-19-7-6-8-20(15-19)18-28-25-12-5-2-9-22(25)16-26-14-13-21-17-27-24-11-4-3-10-23(21)24/h2-12,15,17,26-27H,13-14,16,18H2,1H3. The highest BCUT2D eigenvalue weighted by atomic mass is 16.5. The minimum Gasteiger partial charge on any atom is -0.489 e. The first-order valence-electron chi connectivity index (χ1n) is 9.81. The first kappa shape index (κ1) is 18.3. The molecule has 0 saturated heterocycles. The zero-order valence-electron chi connectivity index (χ0n) is 16.2. The molecule has 2 N–H and O–H groups in total. The first-order chi connectivity index (χ1) is 13.8. The van der Waals surface area contributed by atoms with Gasteiger partial charge in [0.1, 0.15) is 12.4 Å². The monoisotopic (exact) mass is 370 g/mol. The highest BCUT2D eigenvalue weighted by Crippen LogP contribution is 2.20. The van der Waals surface area contributed by atoms with Gasteiger partial charge >= 0.3 is 0 Å². The van der Waals surface area contributed by atoms with Crippen LogP contribution < -0.4 is 10.1 Å². The molecule has 4 aromatic rings. The minimum absolute atomic E-state index is 0.591. The van der Waals surface area contributed by atoms with E-state index in [9.17, 15) is 0 Å². The maximum atomic E-state index is 6.09. The predicted molar refractivity (Wildman–Crippen MR) is 116 cm³/mol. The molecule has 0 radical (unpaired) electrons. The van der Waals surface area contributed by atoms with Crippen LogP contribution in [0.4, 0.5) is 0 Å². The van der Waals surface area contributed by atoms with Crippen molar-refractivity contribution in [3.8, 4) is 5.75 Å². The second-order valence-corrected chi connectivity index (χ2v) is 7.17. The molecule has 0 bridgehead atoms. The smallest absolute Gasteiger partial charge is 0.124 e. The number of rotatable bonds is 8. The van der Waals surface area contributed by atoms with Crippen molar-refractivity contribution in [3.05, 3.63) is 101 Å². The summed E-state index contributed by atoms with van der Waals surface area (Å²) in [5.74, 6) is 0.948. The third-order valence-corrected chi connectivity index (χ3v) is 5.01. The zero-order chi connectivity index (χ0) is 19.2. The average molecular weight is 370 g/mol. The average Bonchev–Trinajstić information content (AvgIpc) is 3.14. The number of para-hydroxylation sites is 2. The molecule has 3 nitrogen and oxygen atoms in total. The van der Waals surface area contributed by atoms with Gasteiger partial charge in [0.25, 0.3) is 0 Å². The van der Waals surface area contributed by atoms with Crippen LogP contribution in [0.3, 0.4) is 0 Å². The van der Waals surface area contributed by atoms with Crippen molar-refractivity contribution in [2.75, 3.05) is 6.54 Å². The van der Waals surface area contributed by atoms with Gasteiger partial charge in [-0.1, -0.05) is 66.2 Å². The van der Waals surface area contributed by atoms with E-state index in [1.165, 1.54) is 33.2 Å². The van der Waals surface area contributed by atoms with Gasteiger partial charge < -0.3 is 15.0 Å². The van der Waals surface area contributed by atoms with Crippen molar-refractivity contribution in [1.82, 2.24) is 10.3 Å². The summed E-state index contributed by atoms with van der Waals surface area (Å²) in [5, 5.41) is 4.87. The van der Waals surface area contributed by atoms with Crippen molar-refractivity contribution in [2.24, 2.45) is 0 Å². The maximum absolute atomic E-state index is 6.09. The fourth-order valence-corrected chi connectivity index (χ4v) is 3.54. The summed E-state index contributed by atoms with van der Waals surface area (Å²) in [4.78, 5) is 3.34. The molecule has 28 heavy (non-hydrogen) atoms. The van der Waals surface area contributed by atoms with Crippen LogP contribution in [0.15, 0.2) is 79.0 Å². The maximum Gasteiger partial charge on any atom is 0.124 e. The highest BCUT2D eigenvalue weighted by Gasteiger charge is 2.05. The lowest BCUT2D eigenvalue weighted by Gasteiger charge is -2.12. The lowest BCUT2D eigenvalue weighted by molar-refractivity contribution is 0.302. The molecule has 1 heterocycles. The highest BCUT2D eigenvalue weighted by molar-refractivity contribution is 5.83. The van der Waals surface area contributed by atoms with Crippen LogP contribution in [-0.2, 0) is 19.6 Å². The minimum atomic E-state index is 0.591. The summed E-state index contributed by atoms with van der Waals surface area (Å²) in [6.07, 6.45) is 3.11. The van der Waals surface area contributed by atoms with E-state index in [1.807, 2.05) is 12.1 Å². The van der Waals surface area contributed by atoms with Gasteiger partial charge in [0.05, 0.1) is 0 Å². The SMILES string of the molecule is Cc1cccc(COc2ccccc2CNCCc2c[nH]c3ccccc23)c1. The number of hydrogen-bond donors (Lipinski definition) is 2. The Labute approximate surface area is 166 Å². The number of hydrogen-bond acceptors (Lipinski definition) is 2. The Morgan fingerprint density at radius 2 is 1.75 bits per heavy atom. The van der Waals surface area contributed by atoms with Crippen LogP contribution in [-0.4, -0.2) is 11.5 Å². The Morgan fingerprint density at radius 1 is 0.893 bits per heavy atom. The number of aromatic amines is 1. The topological polar surface area (TPSA) is 37.0 Å². The molecule has 0 unspecified atom stereocenters. The number of ether oxygens (including phenoxy) is 1. The van der Waals surface area contributed by atoms with Crippen molar-refractivity contribution in [1.29, 1.82) is 0 Å². The van der Waals surface area contributed by atoms with E-state index in [0.717, 1.165) is 25.3 Å². The molecular weight excluding hydrogens is 344 g/mol. The van der Waals surface area contributed by atoms with Crippen LogP contribution in [0.5, 0.6) is 5.75 Å². The van der Waals surface area contributed by atoms with E-state index in [0.29, 0.717) is 6.61 Å². The quantitative estimate of drug-likeness (QED) is 0.408. The predicted octanol–water partition coefficient (Wildman–Crippen LogP) is 5.39. The van der Waals surface area contributed by atoms with Crippen LogP contribution in [0.2, 0.25) is 0 Å². The molecule has 0 aliphatic rings. The molecule has 0 saturated carbocycles. The van der Waals surface area contributed by atoms with Crippen molar-refractivity contribution < 1.29 is 4.74 Å². The van der Waals surface area contributed by atoms with E-state index >= 15 is 0 Å². The van der Waals surface area contributed by atoms with Crippen LogP contribution in [0, 0.1) is 6.92 Å². The summed E-state index contributed by atoms with van der Waals surface area (Å²) in [6.45, 7) is 4.42. The van der Waals surface area contributed by atoms with E-state index in [1.54, 1.807) is 0 Å². The third-order valence-electron chi connectivity index (χ3n) is 5.01. The Morgan fingerprint density at radius 3 is 2.68 bits per heavy atom. The van der Waals surface area contributed by atoms with Gasteiger partial charge in [-0.05, 0) is 43.1 Å². The summed E-state index contributed by atoms with van der Waals surface area (Å²) in [6, 6.07) is 25.2. The molecular formula is C25H26N2O. The number of fused-ring (bicyclic) bond motifs is 1. The fraction of sp³-hybridized carbons (Fsp3) is 0.200. The summed E-state index contributed by atoms with van der Waals surface area (Å²) >= 11 is 0. The number of aryl methyl sites for hydroxylation is 1. The Hall–Kier alpha value is -3.04. The van der Waals surface area contributed by atoms with E-state index in [2.05, 4.69) is 84.1 Å². The first-order valence-corrected chi connectivity index (χ1v) is 9.81. The molecule has 0 fully saturated rings. The van der Waals surface area contributed by atoms with Crippen LogP contribution >= 0.6 is 0 Å². The van der Waals surface area contributed by atoms with Gasteiger partial charge in [0.2, 0.25) is 0 Å². The summed E-state index contributed by atoms with van der Waals surface area (Å²) < 4.78 is 6.09. The molecule has 0 aliphatic carbocycles. The third kappa shape index (κ3) is 4.44. The lowest BCUT2D eigenvalue weighted by atomic mass is 10.1. The number of nitrogens with one attached hydrogen (secondary N) is 2. The second kappa shape index (κ2) is 8.77. The number of H-pyrrole nitrogens is 1. The van der Waals surface area contributed by atoms with Gasteiger partial charge in [-0.15, -0.1) is 0 Å². The van der Waals surface area contributed by atoms with Gasteiger partial charge in [0.15, 0.2) is 0 Å². The van der Waals surface area contributed by atoms with Crippen LogP contribution in [0.25, 0.3) is 10.9 Å². The Balaban J connectivity index is 1.32. The normalized spacial score (nSPS) is 11.0. The molecule has 3 heteroatoms. The van der Waals surface area contributed by atoms with E-state index in [-0.39, 0.29) is 0 Å². The van der Waals surface area contributed by atoms with Crippen molar-refractivity contribution in [3.63, 3.8) is 0 Å². The Kier molecular flexibility index (Phi) is 5.74. The van der Waals surface area contributed by atoms with E-state index < -0.39 is 0 Å².